The summed E-state index contributed by atoms with van der Waals surface area (Å²) in [7, 11) is 1.23. The molecule has 0 aliphatic carbocycles. The van der Waals surface area contributed by atoms with Crippen molar-refractivity contribution in [2.75, 3.05) is 13.7 Å². The van der Waals surface area contributed by atoms with E-state index in [2.05, 4.69) is 10.5 Å². The maximum Gasteiger partial charge on any atom is 0.277 e. The predicted octanol–water partition coefficient (Wildman–Crippen LogP) is 1.82. The van der Waals surface area contributed by atoms with E-state index in [1.165, 1.54) is 7.11 Å². The molecule has 0 fully saturated rings. The highest BCUT2D eigenvalue weighted by molar-refractivity contribution is 5.87. The summed E-state index contributed by atoms with van der Waals surface area (Å²) < 4.78 is 10.3. The molecule has 0 saturated carbocycles. The van der Waals surface area contributed by atoms with Crippen molar-refractivity contribution in [2.24, 2.45) is 5.10 Å². The average molecular weight is 372 g/mol. The Hall–Kier alpha value is -3.62. The van der Waals surface area contributed by atoms with Gasteiger partial charge < -0.3 is 14.6 Å². The van der Waals surface area contributed by atoms with Crippen LogP contribution in [0.2, 0.25) is 0 Å². The van der Waals surface area contributed by atoms with Crippen LogP contribution >= 0.6 is 0 Å². The number of non-ortho nitro benzene ring substituents is 1. The van der Waals surface area contributed by atoms with E-state index in [9.17, 15) is 20.0 Å². The molecule has 0 aliphatic rings. The van der Waals surface area contributed by atoms with E-state index in [1.807, 2.05) is 32.0 Å². The van der Waals surface area contributed by atoms with Gasteiger partial charge in [-0.3, -0.25) is 14.9 Å². The Kier molecular flexibility index (Phi) is 6.32. The van der Waals surface area contributed by atoms with E-state index in [0.29, 0.717) is 5.75 Å². The number of nitro groups is 1. The number of hydrazone groups is 1. The van der Waals surface area contributed by atoms with Gasteiger partial charge in [-0.15, -0.1) is 0 Å². The fraction of sp³-hybridized carbons (Fsp3) is 0.222. The van der Waals surface area contributed by atoms with Crippen molar-refractivity contribution >= 4 is 17.8 Å². The number of rotatable bonds is 7. The van der Waals surface area contributed by atoms with Crippen LogP contribution in [0.3, 0.4) is 0 Å². The summed E-state index contributed by atoms with van der Waals surface area (Å²) in [6, 6.07) is 7.70. The Morgan fingerprint density at radius 3 is 2.67 bits per heavy atom. The zero-order valence-corrected chi connectivity index (χ0v) is 15.0. The highest BCUT2D eigenvalue weighted by atomic mass is 16.6. The second-order valence-electron chi connectivity index (χ2n) is 5.67. The molecule has 0 aromatic heterocycles. The topological polar surface area (TPSA) is 126 Å². The second kappa shape index (κ2) is 8.65. The van der Waals surface area contributed by atoms with E-state index in [1.54, 1.807) is 0 Å². The molecule has 0 aliphatic heterocycles. The molecule has 0 unspecified atom stereocenters. The Balaban J connectivity index is 2.02. The molecule has 2 aromatic rings. The minimum absolute atomic E-state index is 0.0863. The summed E-state index contributed by atoms with van der Waals surface area (Å²) >= 11 is 0. The Labute approximate surface area is 155 Å². The molecule has 1 amide bonds. The molecule has 2 aromatic carbocycles. The van der Waals surface area contributed by atoms with Crippen molar-refractivity contribution in [3.8, 4) is 17.2 Å². The fourth-order valence-corrected chi connectivity index (χ4v) is 2.17. The minimum atomic E-state index is -0.657. The third-order valence-electron chi connectivity index (χ3n) is 3.59. The number of amides is 1. The van der Waals surface area contributed by atoms with Crippen molar-refractivity contribution in [3.63, 3.8) is 0 Å². The van der Waals surface area contributed by atoms with Gasteiger partial charge in [0.15, 0.2) is 6.61 Å². The first-order chi connectivity index (χ1) is 12.8. The van der Waals surface area contributed by atoms with Gasteiger partial charge >= 0.3 is 0 Å². The number of ether oxygens (including phenoxy) is 2. The van der Waals surface area contributed by atoms with Crippen molar-refractivity contribution in [2.45, 2.75) is 13.8 Å². The average Bonchev–Trinajstić information content (AvgIpc) is 2.63. The van der Waals surface area contributed by atoms with Crippen molar-refractivity contribution in [3.05, 3.63) is 57.1 Å². The number of nitro benzene ring substituents is 1. The zero-order chi connectivity index (χ0) is 20.0. The Morgan fingerprint density at radius 1 is 1.26 bits per heavy atom. The second-order valence-corrected chi connectivity index (χ2v) is 5.67. The van der Waals surface area contributed by atoms with Gasteiger partial charge in [0.1, 0.15) is 11.5 Å². The number of hydrogen-bond donors (Lipinski definition) is 1. The minimum Gasteiger partial charge on any atom is -0.870 e. The highest BCUT2D eigenvalue weighted by Crippen LogP contribution is 2.31. The molecule has 0 heterocycles. The van der Waals surface area contributed by atoms with Gasteiger partial charge in [-0.05, 0) is 36.6 Å². The molecule has 0 spiro atoms. The van der Waals surface area contributed by atoms with Crippen LogP contribution in [-0.4, -0.2) is 30.8 Å². The third kappa shape index (κ3) is 5.18. The van der Waals surface area contributed by atoms with Crippen LogP contribution in [-0.2, 0) is 4.79 Å². The van der Waals surface area contributed by atoms with Gasteiger partial charge in [0, 0.05) is 6.07 Å². The molecule has 9 nitrogen and oxygen atoms in total. The van der Waals surface area contributed by atoms with Gasteiger partial charge in [-0.25, -0.2) is 5.43 Å². The molecule has 142 valence electrons. The number of carbonyl (C=O) groups is 1. The van der Waals surface area contributed by atoms with Crippen LogP contribution in [0.15, 0.2) is 35.4 Å². The van der Waals surface area contributed by atoms with Gasteiger partial charge in [-0.2, -0.15) is 5.10 Å². The smallest absolute Gasteiger partial charge is 0.277 e. The summed E-state index contributed by atoms with van der Waals surface area (Å²) in [5.41, 5.74) is 3.68. The maximum atomic E-state index is 12.1. The Bertz CT molecular complexity index is 895. The van der Waals surface area contributed by atoms with Gasteiger partial charge in [0.2, 0.25) is 0 Å². The third-order valence-corrected chi connectivity index (χ3v) is 3.59. The molecule has 0 atom stereocenters. The predicted molar refractivity (Wildman–Crippen MR) is 96.2 cm³/mol. The summed E-state index contributed by atoms with van der Waals surface area (Å²) in [6.45, 7) is 3.49. The van der Waals surface area contributed by atoms with Crippen LogP contribution in [0.1, 0.15) is 16.7 Å². The highest BCUT2D eigenvalue weighted by Gasteiger charge is 2.11. The van der Waals surface area contributed by atoms with Crippen LogP contribution < -0.4 is 20.0 Å². The molecular formula is C18H18N3O6-. The van der Waals surface area contributed by atoms with Crippen LogP contribution in [0.5, 0.6) is 17.2 Å². The van der Waals surface area contributed by atoms with Gasteiger partial charge in [0.05, 0.1) is 24.3 Å². The largest absolute Gasteiger partial charge is 0.870 e. The summed E-state index contributed by atoms with van der Waals surface area (Å²) in [5.74, 6) is -0.723. The lowest BCUT2D eigenvalue weighted by Crippen LogP contribution is -2.24. The maximum absolute atomic E-state index is 12.1. The lowest BCUT2D eigenvalue weighted by atomic mass is 10.1. The zero-order valence-electron chi connectivity index (χ0n) is 15.0. The van der Waals surface area contributed by atoms with Gasteiger partial charge in [-0.1, -0.05) is 17.9 Å². The summed E-state index contributed by atoms with van der Waals surface area (Å²) in [5, 5.41) is 26.6. The Morgan fingerprint density at radius 2 is 2.00 bits per heavy atom. The quantitative estimate of drug-likeness (QED) is 0.449. The van der Waals surface area contributed by atoms with E-state index >= 15 is 0 Å². The fourth-order valence-electron chi connectivity index (χ4n) is 2.17. The molecule has 0 radical (unpaired) electrons. The first-order valence-electron chi connectivity index (χ1n) is 7.87. The normalized spacial score (nSPS) is 10.6. The number of nitrogens with one attached hydrogen (secondary N) is 1. The summed E-state index contributed by atoms with van der Waals surface area (Å²) in [4.78, 5) is 22.1. The molecule has 1 N–H and O–H groups in total. The number of aryl methyl sites for hydroxylation is 2. The first-order valence-corrected chi connectivity index (χ1v) is 7.87. The van der Waals surface area contributed by atoms with Crippen LogP contribution in [0.4, 0.5) is 5.69 Å². The number of benzene rings is 2. The first kappa shape index (κ1) is 19.7. The van der Waals surface area contributed by atoms with Crippen LogP contribution in [0.25, 0.3) is 0 Å². The summed E-state index contributed by atoms with van der Waals surface area (Å²) in [6.07, 6.45) is 1.02. The monoisotopic (exact) mass is 372 g/mol. The van der Waals surface area contributed by atoms with Gasteiger partial charge in [0.25, 0.3) is 11.6 Å². The number of hydrogen-bond acceptors (Lipinski definition) is 7. The molecule has 27 heavy (non-hydrogen) atoms. The number of methoxy groups -OCH3 is 1. The number of carbonyl (C=O) groups excluding carboxylic acids is 1. The lowest BCUT2D eigenvalue weighted by molar-refractivity contribution is -0.385. The lowest BCUT2D eigenvalue weighted by Gasteiger charge is -2.14. The van der Waals surface area contributed by atoms with E-state index in [4.69, 9.17) is 9.47 Å². The standard InChI is InChI=1S/C18H19N3O6/c1-11-4-5-12(2)15(6-11)27-10-17(22)20-19-9-13-7-14(21(24)25)8-16(26-3)18(13)23/h4-9,23H,10H2,1-3H3,(H,20,22)/p-1/b19-9+. The van der Waals surface area contributed by atoms with E-state index in [-0.39, 0.29) is 23.6 Å². The van der Waals surface area contributed by atoms with E-state index < -0.39 is 16.6 Å². The van der Waals surface area contributed by atoms with Crippen molar-refractivity contribution < 1.29 is 24.3 Å². The number of nitrogens with zero attached hydrogens (tertiary/aromatic N) is 2. The molecular weight excluding hydrogens is 354 g/mol. The molecule has 0 bridgehead atoms. The molecule has 2 rings (SSSR count). The molecule has 0 saturated heterocycles. The van der Waals surface area contributed by atoms with Crippen LogP contribution in [0, 0.1) is 24.0 Å². The SMILES string of the molecule is COc1cc([N+](=O)[O-])cc(/C=N/NC(=O)COc2cc(C)ccc2C)c1[O-]. The van der Waals surface area contributed by atoms with Crippen molar-refractivity contribution in [1.29, 1.82) is 0 Å². The van der Waals surface area contributed by atoms with E-state index in [0.717, 1.165) is 29.5 Å². The van der Waals surface area contributed by atoms with Crippen molar-refractivity contribution in [1.82, 2.24) is 5.43 Å². The molecule has 9 heteroatoms.